The number of carbonyl (C=O) groups is 1. The summed E-state index contributed by atoms with van der Waals surface area (Å²) in [5, 5.41) is 6.70. The number of hydrogen-bond acceptors (Lipinski definition) is 3. The molecule has 0 spiro atoms. The zero-order chi connectivity index (χ0) is 13.2. The summed E-state index contributed by atoms with van der Waals surface area (Å²) >= 11 is 0. The Morgan fingerprint density at radius 3 is 3.00 bits per heavy atom. The number of aromatic amines is 1. The molecular formula is C14H22N4O. The Labute approximate surface area is 113 Å². The van der Waals surface area contributed by atoms with Crippen LogP contribution in [0.3, 0.4) is 0 Å². The van der Waals surface area contributed by atoms with Crippen LogP contribution in [0.4, 0.5) is 0 Å². The van der Waals surface area contributed by atoms with Crippen LogP contribution in [-0.4, -0.2) is 40.1 Å². The van der Waals surface area contributed by atoms with E-state index >= 15 is 0 Å². The topological polar surface area (TPSA) is 75.0 Å². The fourth-order valence-electron chi connectivity index (χ4n) is 3.10. The number of nitrogens with two attached hydrogens (primary N) is 1. The first-order valence-corrected chi connectivity index (χ1v) is 7.25. The van der Waals surface area contributed by atoms with Crippen LogP contribution in [-0.2, 0) is 11.2 Å². The first-order chi connectivity index (χ1) is 9.24. The minimum atomic E-state index is 0.199. The minimum absolute atomic E-state index is 0.199. The smallest absolute Gasteiger partial charge is 0.222 e. The molecule has 1 aromatic rings. The Morgan fingerprint density at radius 1 is 1.47 bits per heavy atom. The summed E-state index contributed by atoms with van der Waals surface area (Å²) in [7, 11) is 0. The molecule has 0 aromatic carbocycles. The molecule has 19 heavy (non-hydrogen) atoms. The van der Waals surface area contributed by atoms with Crippen LogP contribution < -0.4 is 5.73 Å². The molecule has 2 atom stereocenters. The number of amides is 1. The quantitative estimate of drug-likeness (QED) is 0.829. The van der Waals surface area contributed by atoms with Crippen molar-refractivity contribution in [3.05, 3.63) is 18.0 Å². The summed E-state index contributed by atoms with van der Waals surface area (Å²) in [6.07, 6.45) is 8.74. The van der Waals surface area contributed by atoms with Crippen molar-refractivity contribution in [3.8, 4) is 0 Å². The number of nitrogens with zero attached hydrogens (tertiary/aromatic N) is 2. The molecule has 1 amide bonds. The van der Waals surface area contributed by atoms with E-state index in [2.05, 4.69) is 10.2 Å². The first-order valence-electron chi connectivity index (χ1n) is 7.25. The number of rotatable bonds is 5. The molecule has 104 valence electrons. The summed E-state index contributed by atoms with van der Waals surface area (Å²) in [5.74, 6) is 1.61. The Balaban J connectivity index is 1.43. The van der Waals surface area contributed by atoms with Gasteiger partial charge in [-0.1, -0.05) is 0 Å². The molecule has 0 unspecified atom stereocenters. The minimum Gasteiger partial charge on any atom is -0.341 e. The summed E-state index contributed by atoms with van der Waals surface area (Å²) in [5.41, 5.74) is 7.32. The molecule has 2 aliphatic rings. The number of H-pyrrole nitrogens is 1. The van der Waals surface area contributed by atoms with E-state index in [9.17, 15) is 4.79 Å². The van der Waals surface area contributed by atoms with Crippen LogP contribution in [0.25, 0.3) is 0 Å². The largest absolute Gasteiger partial charge is 0.341 e. The van der Waals surface area contributed by atoms with Crippen molar-refractivity contribution in [2.45, 2.75) is 38.1 Å². The van der Waals surface area contributed by atoms with Gasteiger partial charge in [0, 0.05) is 31.7 Å². The van der Waals surface area contributed by atoms with Gasteiger partial charge >= 0.3 is 0 Å². The van der Waals surface area contributed by atoms with Crippen LogP contribution in [0, 0.1) is 11.8 Å². The fourth-order valence-corrected chi connectivity index (χ4v) is 3.10. The molecule has 2 fully saturated rings. The molecule has 3 N–H and O–H groups in total. The highest BCUT2D eigenvalue weighted by Gasteiger charge is 2.41. The zero-order valence-electron chi connectivity index (χ0n) is 11.2. The van der Waals surface area contributed by atoms with E-state index in [0.29, 0.717) is 12.3 Å². The molecule has 1 saturated heterocycles. The molecule has 1 saturated carbocycles. The van der Waals surface area contributed by atoms with Crippen LogP contribution in [0.5, 0.6) is 0 Å². The van der Waals surface area contributed by atoms with E-state index in [1.807, 2.05) is 17.3 Å². The lowest BCUT2D eigenvalue weighted by molar-refractivity contribution is -0.130. The normalized spacial score (nSPS) is 26.9. The highest BCUT2D eigenvalue weighted by atomic mass is 16.2. The molecule has 5 heteroatoms. The average Bonchev–Trinajstić information content (AvgIpc) is 2.96. The second-order valence-electron chi connectivity index (χ2n) is 5.92. The standard InChI is InChI=1S/C14H22N4O/c15-13-9-18(8-12(13)11-4-5-11)14(19)3-1-2-10-6-16-17-7-10/h6-7,11-13H,1-5,8-9,15H2,(H,16,17)/t12-,13+/m0/s1. The molecule has 3 rings (SSSR count). The van der Waals surface area contributed by atoms with Gasteiger partial charge in [-0.25, -0.2) is 0 Å². The average molecular weight is 262 g/mol. The predicted octanol–water partition coefficient (Wildman–Crippen LogP) is 0.928. The molecule has 1 aliphatic heterocycles. The molecule has 0 bridgehead atoms. The number of carbonyl (C=O) groups excluding carboxylic acids is 1. The highest BCUT2D eigenvalue weighted by Crippen LogP contribution is 2.40. The van der Waals surface area contributed by atoms with Gasteiger partial charge in [0.25, 0.3) is 0 Å². The van der Waals surface area contributed by atoms with Crippen molar-refractivity contribution in [1.82, 2.24) is 15.1 Å². The fraction of sp³-hybridized carbons (Fsp3) is 0.714. The van der Waals surface area contributed by atoms with Gasteiger partial charge in [-0.3, -0.25) is 9.89 Å². The maximum absolute atomic E-state index is 12.2. The predicted molar refractivity (Wildman–Crippen MR) is 72.3 cm³/mol. The van der Waals surface area contributed by atoms with Gasteiger partial charge in [-0.05, 0) is 43.1 Å². The Hall–Kier alpha value is -1.36. The van der Waals surface area contributed by atoms with Crippen molar-refractivity contribution in [2.24, 2.45) is 17.6 Å². The third-order valence-corrected chi connectivity index (χ3v) is 4.40. The van der Waals surface area contributed by atoms with Gasteiger partial charge in [0.05, 0.1) is 6.20 Å². The maximum Gasteiger partial charge on any atom is 0.222 e. The second kappa shape index (κ2) is 5.33. The van der Waals surface area contributed by atoms with Gasteiger partial charge in [-0.2, -0.15) is 5.10 Å². The number of aryl methyl sites for hydroxylation is 1. The molecule has 1 aromatic heterocycles. The lowest BCUT2D eigenvalue weighted by atomic mass is 9.99. The Kier molecular flexibility index (Phi) is 3.55. The van der Waals surface area contributed by atoms with Crippen LogP contribution >= 0.6 is 0 Å². The van der Waals surface area contributed by atoms with E-state index in [4.69, 9.17) is 5.73 Å². The van der Waals surface area contributed by atoms with E-state index in [0.717, 1.165) is 31.8 Å². The zero-order valence-corrected chi connectivity index (χ0v) is 11.2. The molecular weight excluding hydrogens is 240 g/mol. The number of aromatic nitrogens is 2. The van der Waals surface area contributed by atoms with Crippen molar-refractivity contribution in [3.63, 3.8) is 0 Å². The van der Waals surface area contributed by atoms with Gasteiger partial charge in [0.15, 0.2) is 0 Å². The lowest BCUT2D eigenvalue weighted by Gasteiger charge is -2.16. The van der Waals surface area contributed by atoms with Crippen molar-refractivity contribution in [2.75, 3.05) is 13.1 Å². The van der Waals surface area contributed by atoms with E-state index in [-0.39, 0.29) is 11.9 Å². The highest BCUT2D eigenvalue weighted by molar-refractivity contribution is 5.76. The van der Waals surface area contributed by atoms with Crippen LogP contribution in [0.2, 0.25) is 0 Å². The van der Waals surface area contributed by atoms with Gasteiger partial charge < -0.3 is 10.6 Å². The Bertz CT molecular complexity index is 427. The van der Waals surface area contributed by atoms with E-state index in [1.165, 1.54) is 18.4 Å². The summed E-state index contributed by atoms with van der Waals surface area (Å²) < 4.78 is 0. The van der Waals surface area contributed by atoms with Gasteiger partial charge in [0.2, 0.25) is 5.91 Å². The van der Waals surface area contributed by atoms with Gasteiger partial charge in [0.1, 0.15) is 0 Å². The molecule has 1 aliphatic carbocycles. The lowest BCUT2D eigenvalue weighted by Crippen LogP contribution is -2.32. The van der Waals surface area contributed by atoms with Crippen molar-refractivity contribution >= 4 is 5.91 Å². The molecule has 5 nitrogen and oxygen atoms in total. The first kappa shape index (κ1) is 12.7. The summed E-state index contributed by atoms with van der Waals surface area (Å²) in [6, 6.07) is 0.199. The van der Waals surface area contributed by atoms with Crippen molar-refractivity contribution in [1.29, 1.82) is 0 Å². The SMILES string of the molecule is N[C@@H]1CN(C(=O)CCCc2cn[nH]c2)C[C@H]1C1CC1. The van der Waals surface area contributed by atoms with E-state index < -0.39 is 0 Å². The van der Waals surface area contributed by atoms with Crippen LogP contribution in [0.15, 0.2) is 12.4 Å². The van der Waals surface area contributed by atoms with E-state index in [1.54, 1.807) is 0 Å². The third kappa shape index (κ3) is 2.97. The molecule has 2 heterocycles. The number of likely N-dealkylation sites (tertiary alicyclic amines) is 1. The number of nitrogens with one attached hydrogen (secondary N) is 1. The summed E-state index contributed by atoms with van der Waals surface area (Å²) in [6.45, 7) is 1.64. The second-order valence-corrected chi connectivity index (χ2v) is 5.92. The van der Waals surface area contributed by atoms with Gasteiger partial charge in [-0.15, -0.1) is 0 Å². The Morgan fingerprint density at radius 2 is 2.32 bits per heavy atom. The monoisotopic (exact) mass is 262 g/mol. The maximum atomic E-state index is 12.2. The van der Waals surface area contributed by atoms with Crippen molar-refractivity contribution < 1.29 is 4.79 Å². The van der Waals surface area contributed by atoms with Crippen LogP contribution in [0.1, 0.15) is 31.2 Å². The third-order valence-electron chi connectivity index (χ3n) is 4.40. The summed E-state index contributed by atoms with van der Waals surface area (Å²) in [4.78, 5) is 14.1. The molecule has 0 radical (unpaired) electrons. The number of hydrogen-bond donors (Lipinski definition) is 2.